The minimum atomic E-state index is -0.303. The Balaban J connectivity index is 1.79. The number of unbranched alkanes of at least 4 members (excludes halogenated alkanes) is 5. The Morgan fingerprint density at radius 3 is 2.50 bits per heavy atom. The highest BCUT2D eigenvalue weighted by atomic mass is 16.5. The molecule has 1 heterocycles. The number of esters is 1. The summed E-state index contributed by atoms with van der Waals surface area (Å²) in [7, 11) is 0. The summed E-state index contributed by atoms with van der Waals surface area (Å²) in [5, 5.41) is 0. The molecule has 0 bridgehead atoms. The molecule has 0 radical (unpaired) electrons. The van der Waals surface area contributed by atoms with Crippen LogP contribution in [0, 0.1) is 0 Å². The van der Waals surface area contributed by atoms with E-state index >= 15 is 0 Å². The third-order valence-electron chi connectivity index (χ3n) is 6.46. The number of carbonyl (C=O) groups is 3. The maximum Gasteiger partial charge on any atom is 0.305 e. The van der Waals surface area contributed by atoms with Crippen molar-refractivity contribution in [3.05, 3.63) is 35.9 Å². The van der Waals surface area contributed by atoms with Gasteiger partial charge in [-0.25, -0.2) is 0 Å². The smallest absolute Gasteiger partial charge is 0.305 e. The van der Waals surface area contributed by atoms with Crippen LogP contribution in [0.4, 0.5) is 0 Å². The number of hydrogen-bond acceptors (Lipinski definition) is 5. The van der Waals surface area contributed by atoms with Gasteiger partial charge in [0.15, 0.2) is 5.78 Å². The van der Waals surface area contributed by atoms with E-state index in [2.05, 4.69) is 19.1 Å². The molecule has 0 aliphatic carbocycles. The first-order valence-electron chi connectivity index (χ1n) is 13.2. The van der Waals surface area contributed by atoms with Crippen molar-refractivity contribution in [1.82, 2.24) is 4.90 Å². The molecule has 2 rings (SSSR count). The second-order valence-electron chi connectivity index (χ2n) is 9.21. The highest BCUT2D eigenvalue weighted by Crippen LogP contribution is 2.23. The van der Waals surface area contributed by atoms with Crippen LogP contribution >= 0.6 is 0 Å². The van der Waals surface area contributed by atoms with E-state index in [0.717, 1.165) is 56.9 Å². The van der Waals surface area contributed by atoms with Gasteiger partial charge in [0, 0.05) is 13.0 Å². The summed E-state index contributed by atoms with van der Waals surface area (Å²) in [6.07, 6.45) is 10.00. The Labute approximate surface area is 205 Å². The summed E-state index contributed by atoms with van der Waals surface area (Å²) in [6, 6.07) is 9.85. The predicted molar refractivity (Wildman–Crippen MR) is 133 cm³/mol. The van der Waals surface area contributed by atoms with Crippen molar-refractivity contribution in [1.29, 1.82) is 0 Å². The number of rotatable bonds is 18. The highest BCUT2D eigenvalue weighted by molar-refractivity contribution is 6.07. The van der Waals surface area contributed by atoms with E-state index in [0.29, 0.717) is 32.6 Å². The van der Waals surface area contributed by atoms with Crippen LogP contribution in [-0.2, 0) is 30.5 Å². The van der Waals surface area contributed by atoms with Crippen LogP contribution in [0.15, 0.2) is 30.3 Å². The lowest BCUT2D eigenvalue weighted by Crippen LogP contribution is -2.37. The molecule has 1 amide bonds. The van der Waals surface area contributed by atoms with Gasteiger partial charge in [0.1, 0.15) is 0 Å². The number of Topliss-reactive ketones (excluding diaryl/α,β-unsaturated/α-hetero) is 1. The fourth-order valence-corrected chi connectivity index (χ4v) is 4.51. The molecule has 190 valence electrons. The molecule has 6 heteroatoms. The normalized spacial score (nSPS) is 16.8. The molecule has 1 aromatic rings. The third kappa shape index (κ3) is 10.4. The molecule has 1 aromatic carbocycles. The fourth-order valence-electron chi connectivity index (χ4n) is 4.51. The number of ether oxygens (including phenoxy) is 2. The van der Waals surface area contributed by atoms with Gasteiger partial charge in [-0.1, -0.05) is 75.8 Å². The monoisotopic (exact) mass is 473 g/mol. The lowest BCUT2D eigenvalue weighted by molar-refractivity contribution is -0.143. The molecule has 2 unspecified atom stereocenters. The van der Waals surface area contributed by atoms with Crippen LogP contribution in [0.1, 0.15) is 96.5 Å². The molecule has 0 N–H and O–H groups in total. The van der Waals surface area contributed by atoms with Crippen molar-refractivity contribution in [2.45, 2.75) is 110 Å². The highest BCUT2D eigenvalue weighted by Gasteiger charge is 2.37. The van der Waals surface area contributed by atoms with E-state index < -0.39 is 0 Å². The van der Waals surface area contributed by atoms with Gasteiger partial charge in [-0.05, 0) is 38.2 Å². The molecule has 0 aromatic heterocycles. The van der Waals surface area contributed by atoms with Crippen LogP contribution < -0.4 is 0 Å². The Morgan fingerprint density at radius 1 is 1.00 bits per heavy atom. The average Bonchev–Trinajstić information content (AvgIpc) is 3.10. The molecular weight excluding hydrogens is 430 g/mol. The van der Waals surface area contributed by atoms with E-state index in [4.69, 9.17) is 9.47 Å². The molecule has 1 aliphatic heterocycles. The van der Waals surface area contributed by atoms with Gasteiger partial charge in [-0.3, -0.25) is 14.4 Å². The van der Waals surface area contributed by atoms with Crippen LogP contribution in [0.3, 0.4) is 0 Å². The van der Waals surface area contributed by atoms with Gasteiger partial charge in [0.05, 0.1) is 31.8 Å². The molecule has 2 atom stereocenters. The molecular formula is C28H43NO5. The number of carbonyl (C=O) groups excluding carboxylic acids is 3. The first-order chi connectivity index (χ1) is 16.5. The fraction of sp³-hybridized carbons (Fsp3) is 0.679. The van der Waals surface area contributed by atoms with Crippen molar-refractivity contribution < 1.29 is 23.9 Å². The number of benzene rings is 1. The summed E-state index contributed by atoms with van der Waals surface area (Å²) in [5.41, 5.74) is 1.15. The second kappa shape index (κ2) is 16.4. The van der Waals surface area contributed by atoms with Crippen molar-refractivity contribution in [2.75, 3.05) is 13.2 Å². The standard InChI is InChI=1S/C28H43NO5/c1-3-5-9-16-24(34-22-23-14-10-8-11-15-23)19-20-29-25(26(30)21-27(29)31)17-12-6-7-13-18-28(32)33-4-2/h8,10-11,14-15,24-25H,3-7,9,12-13,16-22H2,1-2H3. The molecule has 0 saturated carbocycles. The summed E-state index contributed by atoms with van der Waals surface area (Å²) >= 11 is 0. The van der Waals surface area contributed by atoms with Crippen molar-refractivity contribution in [3.8, 4) is 0 Å². The number of likely N-dealkylation sites (tertiary alicyclic amines) is 1. The lowest BCUT2D eigenvalue weighted by atomic mass is 10.0. The number of ketones is 1. The number of amides is 1. The molecule has 0 spiro atoms. The predicted octanol–water partition coefficient (Wildman–Crippen LogP) is 5.62. The summed E-state index contributed by atoms with van der Waals surface area (Å²) in [4.78, 5) is 38.2. The topological polar surface area (TPSA) is 72.9 Å². The van der Waals surface area contributed by atoms with E-state index in [9.17, 15) is 14.4 Å². The molecule has 1 fully saturated rings. The Morgan fingerprint density at radius 2 is 1.76 bits per heavy atom. The second-order valence-corrected chi connectivity index (χ2v) is 9.21. The average molecular weight is 474 g/mol. The van der Waals surface area contributed by atoms with E-state index in [1.165, 1.54) is 6.42 Å². The molecule has 1 aliphatic rings. The van der Waals surface area contributed by atoms with Gasteiger partial charge in [0.25, 0.3) is 0 Å². The van der Waals surface area contributed by atoms with E-state index in [1.54, 1.807) is 4.90 Å². The van der Waals surface area contributed by atoms with Crippen molar-refractivity contribution in [3.63, 3.8) is 0 Å². The van der Waals surface area contributed by atoms with Crippen molar-refractivity contribution in [2.24, 2.45) is 0 Å². The van der Waals surface area contributed by atoms with Crippen LogP contribution in [0.2, 0.25) is 0 Å². The molecule has 6 nitrogen and oxygen atoms in total. The van der Waals surface area contributed by atoms with Gasteiger partial charge < -0.3 is 14.4 Å². The summed E-state index contributed by atoms with van der Waals surface area (Å²) in [5.74, 6) is -0.148. The van der Waals surface area contributed by atoms with E-state index in [-0.39, 0.29) is 36.2 Å². The quantitative estimate of drug-likeness (QED) is 0.157. The van der Waals surface area contributed by atoms with Gasteiger partial charge in [-0.15, -0.1) is 0 Å². The third-order valence-corrected chi connectivity index (χ3v) is 6.46. The summed E-state index contributed by atoms with van der Waals surface area (Å²) in [6.45, 7) is 5.56. The zero-order valence-corrected chi connectivity index (χ0v) is 21.1. The zero-order chi connectivity index (χ0) is 24.6. The van der Waals surface area contributed by atoms with Crippen LogP contribution in [0.25, 0.3) is 0 Å². The minimum absolute atomic E-state index is 0.0267. The Kier molecular flexibility index (Phi) is 13.5. The maximum absolute atomic E-state index is 12.5. The van der Waals surface area contributed by atoms with E-state index in [1.807, 2.05) is 25.1 Å². The van der Waals surface area contributed by atoms with Crippen LogP contribution in [-0.4, -0.2) is 47.9 Å². The minimum Gasteiger partial charge on any atom is -0.466 e. The summed E-state index contributed by atoms with van der Waals surface area (Å²) < 4.78 is 11.2. The van der Waals surface area contributed by atoms with Crippen LogP contribution in [0.5, 0.6) is 0 Å². The molecule has 34 heavy (non-hydrogen) atoms. The van der Waals surface area contributed by atoms with Gasteiger partial charge >= 0.3 is 5.97 Å². The number of nitrogens with zero attached hydrogens (tertiary/aromatic N) is 1. The SMILES string of the molecule is CCCCCC(CCN1C(=O)CC(=O)C1CCCCCCC(=O)OCC)OCc1ccccc1. The van der Waals surface area contributed by atoms with Gasteiger partial charge in [-0.2, -0.15) is 0 Å². The van der Waals surface area contributed by atoms with Gasteiger partial charge in [0.2, 0.25) is 5.91 Å². The number of hydrogen-bond donors (Lipinski definition) is 0. The Bertz CT molecular complexity index is 736. The Hall–Kier alpha value is -2.21. The first kappa shape index (κ1) is 28.0. The largest absolute Gasteiger partial charge is 0.466 e. The van der Waals surface area contributed by atoms with Crippen molar-refractivity contribution >= 4 is 17.7 Å². The lowest BCUT2D eigenvalue weighted by Gasteiger charge is -2.26. The molecule has 1 saturated heterocycles. The first-order valence-corrected chi connectivity index (χ1v) is 13.2. The maximum atomic E-state index is 12.5. The zero-order valence-electron chi connectivity index (χ0n) is 21.1.